The fourth-order valence-electron chi connectivity index (χ4n) is 4.54. The Morgan fingerprint density at radius 1 is 1.05 bits per heavy atom. The predicted octanol–water partition coefficient (Wildman–Crippen LogP) is 4.05. The van der Waals surface area contributed by atoms with Gasteiger partial charge >= 0.3 is 35.5 Å². The molecule has 9 nitrogen and oxygen atoms in total. The molecule has 0 bridgehead atoms. The first-order chi connectivity index (χ1) is 18.1. The molecule has 0 radical (unpaired) electrons. The summed E-state index contributed by atoms with van der Waals surface area (Å²) in [5.74, 6) is -1.01. The number of fused-ring (bicyclic) bond motifs is 2. The van der Waals surface area contributed by atoms with E-state index >= 15 is 0 Å². The van der Waals surface area contributed by atoms with E-state index < -0.39 is 5.97 Å². The van der Waals surface area contributed by atoms with E-state index in [4.69, 9.17) is 21.3 Å². The van der Waals surface area contributed by atoms with E-state index in [0.717, 1.165) is 30.0 Å². The number of benzene rings is 1. The monoisotopic (exact) mass is 536 g/mol. The van der Waals surface area contributed by atoms with Crippen LogP contribution in [-0.4, -0.2) is 91.5 Å². The molecule has 0 atom stereocenters. The van der Waals surface area contributed by atoms with E-state index in [0.29, 0.717) is 46.3 Å². The summed E-state index contributed by atoms with van der Waals surface area (Å²) in [5, 5.41) is 15.3. The fraction of sp³-hybridized carbons (Fsp3) is 0.148. The number of carboxylic acid groups (broad SMARTS) is 1. The maximum atomic E-state index is 11.9. The number of carbonyl (C=O) groups is 1. The summed E-state index contributed by atoms with van der Waals surface area (Å²) in [6.45, 7) is 2.67. The number of halogens is 1. The number of aromatic carboxylic acids is 1. The summed E-state index contributed by atoms with van der Waals surface area (Å²) < 4.78 is 7.26. The molecule has 1 aliphatic heterocycles. The van der Waals surface area contributed by atoms with Crippen molar-refractivity contribution in [2.24, 2.45) is 0 Å². The molecular weight excluding hydrogens is 515 g/mol. The van der Waals surface area contributed by atoms with E-state index in [1.54, 1.807) is 47.3 Å². The van der Waals surface area contributed by atoms with Gasteiger partial charge < -0.3 is 14.7 Å². The van der Waals surface area contributed by atoms with Crippen molar-refractivity contribution in [1.82, 2.24) is 24.6 Å². The summed E-state index contributed by atoms with van der Waals surface area (Å²) in [4.78, 5) is 27.9. The van der Waals surface area contributed by atoms with Crippen molar-refractivity contribution in [1.29, 1.82) is 0 Å². The molecule has 0 amide bonds. The fourth-order valence-corrected chi connectivity index (χ4v) is 4.72. The first-order valence-electron chi connectivity index (χ1n) is 11.7. The maximum absolute atomic E-state index is 11.9. The molecule has 1 N–H and O–H groups in total. The number of carboxylic acids is 1. The number of para-hydroxylation sites is 1. The van der Waals surface area contributed by atoms with Crippen molar-refractivity contribution in [3.8, 4) is 11.3 Å². The second kappa shape index (κ2) is 11.2. The third kappa shape index (κ3) is 5.03. The Hall–Kier alpha value is -3.34. The van der Waals surface area contributed by atoms with Crippen LogP contribution in [0.25, 0.3) is 40.0 Å². The van der Waals surface area contributed by atoms with Gasteiger partial charge in [0, 0.05) is 42.5 Å². The molecule has 4 aromatic heterocycles. The van der Waals surface area contributed by atoms with Crippen LogP contribution < -0.4 is 4.90 Å². The minimum atomic E-state index is -1.01. The molecule has 5 heterocycles. The number of nitrogens with zero attached hydrogens (tertiary/aromatic N) is 6. The SMILES string of the molecule is O=C(O)c1cc(/C=C/c2nc3c(N4CCOCC4)cc(Cl)nn3c2-c2cccnc2)nc2ccccc12.[NaH]. The zero-order chi connectivity index (χ0) is 25.4. The van der Waals surface area contributed by atoms with Crippen molar-refractivity contribution in [2.45, 2.75) is 0 Å². The minimum absolute atomic E-state index is 0. The van der Waals surface area contributed by atoms with Gasteiger partial charge in [-0.15, -0.1) is 0 Å². The van der Waals surface area contributed by atoms with Crippen LogP contribution in [0.5, 0.6) is 0 Å². The summed E-state index contributed by atoms with van der Waals surface area (Å²) in [6.07, 6.45) is 7.02. The molecule has 0 aliphatic carbocycles. The Morgan fingerprint density at radius 2 is 1.87 bits per heavy atom. The average molecular weight is 537 g/mol. The van der Waals surface area contributed by atoms with Crippen LogP contribution in [0.1, 0.15) is 21.7 Å². The molecule has 0 spiro atoms. The van der Waals surface area contributed by atoms with Gasteiger partial charge in [0.15, 0.2) is 10.8 Å². The zero-order valence-electron chi connectivity index (χ0n) is 19.6. The molecule has 38 heavy (non-hydrogen) atoms. The van der Waals surface area contributed by atoms with Gasteiger partial charge in [0.25, 0.3) is 0 Å². The van der Waals surface area contributed by atoms with Gasteiger partial charge in [0.05, 0.1) is 41.4 Å². The number of ether oxygens (including phenoxy) is 1. The Morgan fingerprint density at radius 3 is 2.63 bits per heavy atom. The van der Waals surface area contributed by atoms with Crippen molar-refractivity contribution in [3.63, 3.8) is 0 Å². The number of rotatable bonds is 5. The van der Waals surface area contributed by atoms with Crippen LogP contribution in [0.15, 0.2) is 60.9 Å². The number of anilines is 1. The molecule has 11 heteroatoms. The molecule has 1 aliphatic rings. The van der Waals surface area contributed by atoms with Crippen molar-refractivity contribution < 1.29 is 14.6 Å². The van der Waals surface area contributed by atoms with Crippen LogP contribution >= 0.6 is 11.6 Å². The topological polar surface area (TPSA) is 106 Å². The molecule has 1 aromatic carbocycles. The molecule has 5 aromatic rings. The number of hydrogen-bond donors (Lipinski definition) is 1. The van der Waals surface area contributed by atoms with Gasteiger partial charge in [-0.05, 0) is 36.4 Å². The summed E-state index contributed by atoms with van der Waals surface area (Å²) in [7, 11) is 0. The van der Waals surface area contributed by atoms with Crippen molar-refractivity contribution in [2.75, 3.05) is 31.2 Å². The number of aromatic nitrogens is 5. The van der Waals surface area contributed by atoms with Crippen LogP contribution in [0.2, 0.25) is 5.15 Å². The van der Waals surface area contributed by atoms with Crippen molar-refractivity contribution >= 4 is 81.5 Å². The van der Waals surface area contributed by atoms with Gasteiger partial charge in [0.2, 0.25) is 0 Å². The number of hydrogen-bond acceptors (Lipinski definition) is 7. The molecule has 1 saturated heterocycles. The van der Waals surface area contributed by atoms with Crippen LogP contribution in [0.4, 0.5) is 5.69 Å². The van der Waals surface area contributed by atoms with E-state index in [-0.39, 0.29) is 35.1 Å². The Kier molecular flexibility index (Phi) is 7.73. The third-order valence-electron chi connectivity index (χ3n) is 6.23. The molecule has 0 saturated carbocycles. The van der Waals surface area contributed by atoms with E-state index in [1.165, 1.54) is 0 Å². The third-order valence-corrected chi connectivity index (χ3v) is 6.41. The average Bonchev–Trinajstić information content (AvgIpc) is 3.30. The molecular formula is C27H22ClN6NaO3. The Bertz CT molecular complexity index is 1670. The summed E-state index contributed by atoms with van der Waals surface area (Å²) >= 11 is 6.47. The second-order valence-electron chi connectivity index (χ2n) is 8.52. The first kappa shape index (κ1) is 26.3. The number of pyridine rings is 2. The van der Waals surface area contributed by atoms with Crippen LogP contribution in [-0.2, 0) is 4.74 Å². The van der Waals surface area contributed by atoms with E-state index in [9.17, 15) is 9.90 Å². The van der Waals surface area contributed by atoms with E-state index in [1.807, 2.05) is 30.3 Å². The van der Waals surface area contributed by atoms with E-state index in [2.05, 4.69) is 20.0 Å². The molecule has 186 valence electrons. The Labute approximate surface area is 245 Å². The molecule has 0 unspecified atom stereocenters. The first-order valence-corrected chi connectivity index (χ1v) is 12.1. The molecule has 6 rings (SSSR count). The van der Waals surface area contributed by atoms with Crippen molar-refractivity contribution in [3.05, 3.63) is 83.0 Å². The summed E-state index contributed by atoms with van der Waals surface area (Å²) in [5.41, 5.74) is 4.98. The standard InChI is InChI=1S/C27H21ClN6O3.Na.H/c28-24-15-23(33-10-12-37-13-11-33)26-31-22(25(34(26)32-24)17-4-3-9-29-16-17)8-7-18-14-20(27(35)36)19-5-1-2-6-21(19)30-18;;/h1-9,14-16H,10-13H2,(H,35,36);;/b8-7+;;. The van der Waals surface area contributed by atoms with Gasteiger partial charge in [0.1, 0.15) is 5.69 Å². The number of morpholine rings is 1. The van der Waals surface area contributed by atoms with Gasteiger partial charge in [-0.1, -0.05) is 29.8 Å². The second-order valence-corrected chi connectivity index (χ2v) is 8.91. The van der Waals surface area contributed by atoms with Crippen LogP contribution in [0, 0.1) is 0 Å². The zero-order valence-corrected chi connectivity index (χ0v) is 20.3. The quantitative estimate of drug-likeness (QED) is 0.335. The van der Waals surface area contributed by atoms with Crippen LogP contribution in [0.3, 0.4) is 0 Å². The van der Waals surface area contributed by atoms with Gasteiger partial charge in [-0.25, -0.2) is 19.3 Å². The molecule has 1 fully saturated rings. The summed E-state index contributed by atoms with van der Waals surface area (Å²) in [6, 6.07) is 14.3. The predicted molar refractivity (Wildman–Crippen MR) is 149 cm³/mol. The number of imidazole rings is 1. The van der Waals surface area contributed by atoms with Gasteiger partial charge in [-0.3, -0.25) is 4.98 Å². The van der Waals surface area contributed by atoms with Gasteiger partial charge in [-0.2, -0.15) is 5.10 Å². The normalized spacial score (nSPS) is 13.8. The Balaban J connectivity index is 0.00000294.